The predicted octanol–water partition coefficient (Wildman–Crippen LogP) is 3.74. The van der Waals surface area contributed by atoms with Gasteiger partial charge < -0.3 is 4.90 Å². The van der Waals surface area contributed by atoms with Crippen molar-refractivity contribution in [3.63, 3.8) is 0 Å². The molecule has 2 nitrogen and oxygen atoms in total. The van der Waals surface area contributed by atoms with Crippen molar-refractivity contribution in [3.05, 3.63) is 28.2 Å². The highest BCUT2D eigenvalue weighted by Crippen LogP contribution is 2.31. The first-order valence-electron chi connectivity index (χ1n) is 4.93. The van der Waals surface area contributed by atoms with Crippen molar-refractivity contribution in [2.24, 2.45) is 5.92 Å². The topological polar surface area (TPSA) is 20.3 Å². The smallest absolute Gasteiger partial charge is 0.227 e. The zero-order valence-electron chi connectivity index (χ0n) is 8.42. The van der Waals surface area contributed by atoms with Crippen LogP contribution in [0.5, 0.6) is 0 Å². The van der Waals surface area contributed by atoms with Crippen molar-refractivity contribution < 1.29 is 4.79 Å². The molecule has 1 unspecified atom stereocenters. The first-order valence-corrected chi connectivity index (χ1v) is 6.81. The van der Waals surface area contributed by atoms with Gasteiger partial charge in [-0.1, -0.05) is 39.1 Å². The Morgan fingerprint density at radius 3 is 2.69 bits per heavy atom. The largest absolute Gasteiger partial charge is 0.312 e. The fraction of sp³-hybridized carbons (Fsp3) is 0.364. The van der Waals surface area contributed by atoms with Gasteiger partial charge in [-0.25, -0.2) is 0 Å². The number of halogens is 3. The van der Waals surface area contributed by atoms with Crippen LogP contribution in [0, 0.1) is 5.92 Å². The van der Waals surface area contributed by atoms with Crippen molar-refractivity contribution in [2.45, 2.75) is 6.42 Å². The molecule has 1 atom stereocenters. The van der Waals surface area contributed by atoms with Gasteiger partial charge in [-0.05, 0) is 24.1 Å². The number of anilines is 1. The van der Waals surface area contributed by atoms with Crippen molar-refractivity contribution in [2.75, 3.05) is 16.8 Å². The van der Waals surface area contributed by atoms with Crippen LogP contribution in [0.1, 0.15) is 6.42 Å². The lowest BCUT2D eigenvalue weighted by molar-refractivity contribution is -0.117. The summed E-state index contributed by atoms with van der Waals surface area (Å²) >= 11 is 15.2. The highest BCUT2D eigenvalue weighted by atomic mass is 79.9. The molecule has 1 amide bonds. The molecule has 0 N–H and O–H groups in total. The Hall–Kier alpha value is -0.250. The first-order chi connectivity index (χ1) is 7.61. The average molecular weight is 323 g/mol. The minimum atomic E-state index is 0.142. The number of rotatable bonds is 2. The Bertz CT molecular complexity index is 424. The third-order valence-electron chi connectivity index (χ3n) is 2.64. The fourth-order valence-corrected chi connectivity index (χ4v) is 2.51. The molecule has 0 aliphatic carbocycles. The number of benzene rings is 1. The maximum Gasteiger partial charge on any atom is 0.227 e. The van der Waals surface area contributed by atoms with E-state index < -0.39 is 0 Å². The van der Waals surface area contributed by atoms with Gasteiger partial charge in [-0.2, -0.15) is 0 Å². The molecule has 1 aromatic rings. The highest BCUT2D eigenvalue weighted by Gasteiger charge is 2.29. The SMILES string of the molecule is O=C1CC(CBr)CN1c1ccc(Cl)c(Cl)c1. The van der Waals surface area contributed by atoms with Gasteiger partial charge in [0.15, 0.2) is 0 Å². The van der Waals surface area contributed by atoms with E-state index in [1.54, 1.807) is 17.0 Å². The monoisotopic (exact) mass is 321 g/mol. The maximum absolute atomic E-state index is 11.8. The lowest BCUT2D eigenvalue weighted by Crippen LogP contribution is -2.24. The van der Waals surface area contributed by atoms with E-state index in [1.165, 1.54) is 0 Å². The van der Waals surface area contributed by atoms with Crippen molar-refractivity contribution in [1.82, 2.24) is 0 Å². The van der Waals surface area contributed by atoms with Crippen LogP contribution in [-0.4, -0.2) is 17.8 Å². The molecule has 1 saturated heterocycles. The van der Waals surface area contributed by atoms with Crippen molar-refractivity contribution >= 4 is 50.7 Å². The molecule has 2 rings (SSSR count). The summed E-state index contributed by atoms with van der Waals surface area (Å²) in [4.78, 5) is 13.5. The van der Waals surface area contributed by atoms with Gasteiger partial charge in [0.1, 0.15) is 0 Å². The van der Waals surface area contributed by atoms with E-state index in [-0.39, 0.29) is 5.91 Å². The van der Waals surface area contributed by atoms with Crippen LogP contribution in [0.15, 0.2) is 18.2 Å². The Balaban J connectivity index is 2.24. The van der Waals surface area contributed by atoms with Gasteiger partial charge in [0.05, 0.1) is 10.0 Å². The third kappa shape index (κ3) is 2.36. The van der Waals surface area contributed by atoms with E-state index in [4.69, 9.17) is 23.2 Å². The van der Waals surface area contributed by atoms with Crippen molar-refractivity contribution in [3.8, 4) is 0 Å². The van der Waals surface area contributed by atoms with Crippen LogP contribution in [0.25, 0.3) is 0 Å². The molecular weight excluding hydrogens is 313 g/mol. The molecule has 0 aromatic heterocycles. The second-order valence-corrected chi connectivity index (χ2v) is 5.29. The molecule has 0 saturated carbocycles. The molecule has 1 fully saturated rings. The van der Waals surface area contributed by atoms with E-state index in [0.717, 1.165) is 17.6 Å². The van der Waals surface area contributed by atoms with Crippen molar-refractivity contribution in [1.29, 1.82) is 0 Å². The second kappa shape index (κ2) is 4.94. The van der Waals surface area contributed by atoms with Crippen LogP contribution in [0.4, 0.5) is 5.69 Å². The normalized spacial score (nSPS) is 20.6. The summed E-state index contributed by atoms with van der Waals surface area (Å²) in [6, 6.07) is 5.27. The lowest BCUT2D eigenvalue weighted by Gasteiger charge is -2.16. The van der Waals surface area contributed by atoms with Gasteiger partial charge in [-0.3, -0.25) is 4.79 Å². The number of nitrogens with zero attached hydrogens (tertiary/aromatic N) is 1. The highest BCUT2D eigenvalue weighted by molar-refractivity contribution is 9.09. The van der Waals surface area contributed by atoms with E-state index in [2.05, 4.69) is 15.9 Å². The number of amides is 1. The van der Waals surface area contributed by atoms with Gasteiger partial charge in [-0.15, -0.1) is 0 Å². The quantitative estimate of drug-likeness (QED) is 0.759. The number of hydrogen-bond donors (Lipinski definition) is 0. The molecule has 0 spiro atoms. The summed E-state index contributed by atoms with van der Waals surface area (Å²) in [6.07, 6.45) is 0.589. The number of carbonyl (C=O) groups excluding carboxylic acids is 1. The molecule has 86 valence electrons. The van der Waals surface area contributed by atoms with E-state index >= 15 is 0 Å². The minimum absolute atomic E-state index is 0.142. The predicted molar refractivity (Wildman–Crippen MR) is 70.7 cm³/mol. The van der Waals surface area contributed by atoms with Gasteiger partial charge >= 0.3 is 0 Å². The van der Waals surface area contributed by atoms with Crippen LogP contribution >= 0.6 is 39.1 Å². The molecular formula is C11H10BrCl2NO. The molecule has 0 radical (unpaired) electrons. The molecule has 1 aliphatic rings. The van der Waals surface area contributed by atoms with Crippen LogP contribution in [0.3, 0.4) is 0 Å². The summed E-state index contributed by atoms with van der Waals surface area (Å²) in [5.41, 5.74) is 0.822. The molecule has 5 heteroatoms. The van der Waals surface area contributed by atoms with Gasteiger partial charge in [0.2, 0.25) is 5.91 Å². The number of hydrogen-bond acceptors (Lipinski definition) is 1. The van der Waals surface area contributed by atoms with E-state index in [0.29, 0.717) is 22.4 Å². The molecule has 1 aliphatic heterocycles. The fourth-order valence-electron chi connectivity index (χ4n) is 1.79. The Labute approximate surface area is 113 Å². The summed E-state index contributed by atoms with van der Waals surface area (Å²) in [6.45, 7) is 0.738. The minimum Gasteiger partial charge on any atom is -0.312 e. The summed E-state index contributed by atoms with van der Waals surface area (Å²) in [7, 11) is 0. The van der Waals surface area contributed by atoms with Crippen LogP contribution in [0.2, 0.25) is 10.0 Å². The Morgan fingerprint density at radius 1 is 1.38 bits per heavy atom. The second-order valence-electron chi connectivity index (χ2n) is 3.83. The standard InChI is InChI=1S/C11H10BrCl2NO/c12-5-7-3-11(16)15(6-7)8-1-2-9(13)10(14)4-8/h1-2,4,7H,3,5-6H2. The van der Waals surface area contributed by atoms with E-state index in [9.17, 15) is 4.79 Å². The lowest BCUT2D eigenvalue weighted by atomic mass is 10.2. The summed E-state index contributed by atoms with van der Waals surface area (Å²) in [5.74, 6) is 0.518. The zero-order chi connectivity index (χ0) is 11.7. The van der Waals surface area contributed by atoms with Gasteiger partial charge in [0, 0.05) is 24.0 Å². The first kappa shape index (κ1) is 12.2. The third-order valence-corrected chi connectivity index (χ3v) is 4.29. The molecule has 1 heterocycles. The number of carbonyl (C=O) groups is 1. The average Bonchev–Trinajstić information content (AvgIpc) is 2.64. The maximum atomic E-state index is 11.8. The summed E-state index contributed by atoms with van der Waals surface area (Å²) in [5, 5.41) is 1.83. The van der Waals surface area contributed by atoms with E-state index in [1.807, 2.05) is 6.07 Å². The molecule has 16 heavy (non-hydrogen) atoms. The Morgan fingerprint density at radius 2 is 2.12 bits per heavy atom. The molecule has 1 aromatic carbocycles. The van der Waals surface area contributed by atoms with Gasteiger partial charge in [0.25, 0.3) is 0 Å². The summed E-state index contributed by atoms with van der Waals surface area (Å²) < 4.78 is 0. The molecule has 0 bridgehead atoms. The van der Waals surface area contributed by atoms with Crippen LogP contribution < -0.4 is 4.90 Å². The Kier molecular flexibility index (Phi) is 3.77. The zero-order valence-corrected chi connectivity index (χ0v) is 11.5. The van der Waals surface area contributed by atoms with Crippen LogP contribution in [-0.2, 0) is 4.79 Å². The number of alkyl halides is 1.